The first-order valence-electron chi connectivity index (χ1n) is 7.90. The van der Waals surface area contributed by atoms with Gasteiger partial charge in [0, 0.05) is 39.6 Å². The first-order valence-corrected chi connectivity index (χ1v) is 7.90. The molecule has 4 rings (SSSR count). The number of rotatable bonds is 3. The van der Waals surface area contributed by atoms with Crippen LogP contribution < -0.4 is 5.73 Å². The molecule has 1 aromatic heterocycles. The van der Waals surface area contributed by atoms with E-state index in [-0.39, 0.29) is 12.4 Å². The van der Waals surface area contributed by atoms with Crippen molar-refractivity contribution in [3.8, 4) is 16.9 Å². The van der Waals surface area contributed by atoms with Gasteiger partial charge < -0.3 is 20.5 Å². The molecule has 120 valence electrons. The third kappa shape index (κ3) is 2.12. The van der Waals surface area contributed by atoms with Gasteiger partial charge in [-0.3, -0.25) is 0 Å². The molecule has 0 aliphatic carbocycles. The molecule has 0 saturated heterocycles. The van der Waals surface area contributed by atoms with E-state index >= 15 is 0 Å². The van der Waals surface area contributed by atoms with Crippen molar-refractivity contribution in [3.63, 3.8) is 0 Å². The minimum absolute atomic E-state index is 0.0761. The summed E-state index contributed by atoms with van der Waals surface area (Å²) in [5, 5.41) is 21.2. The van der Waals surface area contributed by atoms with E-state index in [0.29, 0.717) is 12.2 Å². The van der Waals surface area contributed by atoms with Gasteiger partial charge >= 0.3 is 0 Å². The van der Waals surface area contributed by atoms with Crippen LogP contribution >= 0.6 is 0 Å². The molecule has 4 aromatic rings. The molecule has 4 N–H and O–H groups in total. The number of hydrogen-bond acceptors (Lipinski definition) is 3. The van der Waals surface area contributed by atoms with Crippen LogP contribution in [0, 0.1) is 0 Å². The van der Waals surface area contributed by atoms with Crippen LogP contribution in [-0.4, -0.2) is 21.4 Å². The highest BCUT2D eigenvalue weighted by atomic mass is 16.3. The number of nitrogens with zero attached hydrogens (tertiary/aromatic N) is 1. The number of benzene rings is 3. The molecule has 24 heavy (non-hydrogen) atoms. The van der Waals surface area contributed by atoms with Crippen molar-refractivity contribution in [2.45, 2.75) is 6.54 Å². The number of fused-ring (bicyclic) bond motifs is 3. The molecule has 0 atom stereocenters. The van der Waals surface area contributed by atoms with Crippen LogP contribution in [0.25, 0.3) is 32.9 Å². The van der Waals surface area contributed by atoms with E-state index in [1.165, 1.54) is 0 Å². The lowest BCUT2D eigenvalue weighted by atomic mass is 9.97. The lowest BCUT2D eigenvalue weighted by Crippen LogP contribution is -2.01. The Balaban J connectivity index is 2.15. The van der Waals surface area contributed by atoms with Gasteiger partial charge in [-0.2, -0.15) is 0 Å². The van der Waals surface area contributed by atoms with E-state index in [1.54, 1.807) is 12.1 Å². The van der Waals surface area contributed by atoms with E-state index in [9.17, 15) is 10.2 Å². The maximum absolute atomic E-state index is 9.57. The van der Waals surface area contributed by atoms with E-state index in [1.807, 2.05) is 36.4 Å². The number of nitrogens with two attached hydrogens (primary N) is 1. The van der Waals surface area contributed by atoms with Crippen molar-refractivity contribution in [2.24, 2.45) is 0 Å². The SMILES string of the molecule is Nc1ccc2c(c1-c1ccc(O)cc1)c1ccccc1n2CCO. The third-order valence-electron chi connectivity index (χ3n) is 4.45. The maximum atomic E-state index is 9.57. The fourth-order valence-electron chi connectivity index (χ4n) is 3.44. The largest absolute Gasteiger partial charge is 0.508 e. The zero-order valence-corrected chi connectivity index (χ0v) is 13.1. The number of aliphatic hydroxyl groups excluding tert-OH is 1. The Morgan fingerprint density at radius 2 is 1.62 bits per heavy atom. The Morgan fingerprint density at radius 3 is 2.38 bits per heavy atom. The van der Waals surface area contributed by atoms with E-state index in [0.717, 1.165) is 32.9 Å². The molecule has 0 radical (unpaired) electrons. The molecule has 4 nitrogen and oxygen atoms in total. The van der Waals surface area contributed by atoms with Gasteiger partial charge in [-0.05, 0) is 35.9 Å². The highest BCUT2D eigenvalue weighted by molar-refractivity contribution is 6.17. The predicted molar refractivity (Wildman–Crippen MR) is 98.0 cm³/mol. The molecule has 4 heteroatoms. The lowest BCUT2D eigenvalue weighted by molar-refractivity contribution is 0.280. The van der Waals surface area contributed by atoms with Crippen LogP contribution in [0.3, 0.4) is 0 Å². The van der Waals surface area contributed by atoms with Crippen molar-refractivity contribution in [1.29, 1.82) is 0 Å². The van der Waals surface area contributed by atoms with Crippen LogP contribution in [-0.2, 0) is 6.54 Å². The molecular formula is C20H18N2O2. The van der Waals surface area contributed by atoms with Crippen LogP contribution in [0.5, 0.6) is 5.75 Å². The normalized spacial score (nSPS) is 11.4. The van der Waals surface area contributed by atoms with E-state index in [2.05, 4.69) is 16.7 Å². The summed E-state index contributed by atoms with van der Waals surface area (Å²) in [6.07, 6.45) is 0. The minimum atomic E-state index is 0.0761. The molecule has 0 aliphatic heterocycles. The zero-order chi connectivity index (χ0) is 16.7. The molecule has 0 unspecified atom stereocenters. The van der Waals surface area contributed by atoms with Crippen molar-refractivity contribution in [1.82, 2.24) is 4.57 Å². The van der Waals surface area contributed by atoms with Crippen LogP contribution in [0.15, 0.2) is 60.7 Å². The number of aliphatic hydroxyl groups is 1. The summed E-state index contributed by atoms with van der Waals surface area (Å²) in [6, 6.07) is 19.1. The summed E-state index contributed by atoms with van der Waals surface area (Å²) >= 11 is 0. The first kappa shape index (κ1) is 14.6. The molecule has 0 saturated carbocycles. The Bertz CT molecular complexity index is 1030. The molecule has 0 fully saturated rings. The second-order valence-corrected chi connectivity index (χ2v) is 5.86. The quantitative estimate of drug-likeness (QED) is 0.504. The highest BCUT2D eigenvalue weighted by Gasteiger charge is 2.16. The molecule has 3 aromatic carbocycles. The fraction of sp³-hybridized carbons (Fsp3) is 0.100. The predicted octanol–water partition coefficient (Wildman–Crippen LogP) is 3.74. The third-order valence-corrected chi connectivity index (χ3v) is 4.45. The summed E-state index contributed by atoms with van der Waals surface area (Å²) in [5.74, 6) is 0.229. The maximum Gasteiger partial charge on any atom is 0.115 e. The van der Waals surface area contributed by atoms with E-state index in [4.69, 9.17) is 5.73 Å². The smallest absolute Gasteiger partial charge is 0.115 e. The lowest BCUT2D eigenvalue weighted by Gasteiger charge is -2.10. The molecule has 0 aliphatic rings. The number of hydrogen-bond donors (Lipinski definition) is 3. The Morgan fingerprint density at radius 1 is 0.875 bits per heavy atom. The molecule has 0 amide bonds. The topological polar surface area (TPSA) is 71.4 Å². The van der Waals surface area contributed by atoms with Gasteiger partial charge in [0.2, 0.25) is 0 Å². The number of phenolic OH excluding ortho intramolecular Hbond substituents is 1. The molecule has 0 spiro atoms. The standard InChI is InChI=1S/C20H18N2O2/c21-16-9-10-18-20(19(16)13-5-7-14(24)8-6-13)15-3-1-2-4-17(15)22(18)11-12-23/h1-10,23-24H,11-12,21H2. The van der Waals surface area contributed by atoms with Crippen molar-refractivity contribution >= 4 is 27.5 Å². The van der Waals surface area contributed by atoms with Gasteiger partial charge in [0.1, 0.15) is 5.75 Å². The second-order valence-electron chi connectivity index (χ2n) is 5.86. The van der Waals surface area contributed by atoms with Crippen LogP contribution in [0.1, 0.15) is 0 Å². The molecule has 1 heterocycles. The Kier molecular flexibility index (Phi) is 3.40. The van der Waals surface area contributed by atoms with Crippen LogP contribution in [0.2, 0.25) is 0 Å². The summed E-state index contributed by atoms with van der Waals surface area (Å²) in [7, 11) is 0. The highest BCUT2D eigenvalue weighted by Crippen LogP contribution is 2.40. The average Bonchev–Trinajstić information content (AvgIpc) is 2.91. The summed E-state index contributed by atoms with van der Waals surface area (Å²) in [4.78, 5) is 0. The van der Waals surface area contributed by atoms with Gasteiger partial charge in [-0.1, -0.05) is 30.3 Å². The number of phenols is 1. The van der Waals surface area contributed by atoms with Gasteiger partial charge in [0.05, 0.1) is 6.61 Å². The Labute approximate surface area is 139 Å². The summed E-state index contributed by atoms with van der Waals surface area (Å²) in [6.45, 7) is 0.607. The van der Waals surface area contributed by atoms with Crippen molar-refractivity contribution in [2.75, 3.05) is 12.3 Å². The van der Waals surface area contributed by atoms with Crippen molar-refractivity contribution < 1.29 is 10.2 Å². The first-order chi connectivity index (χ1) is 11.7. The fourth-order valence-corrected chi connectivity index (χ4v) is 3.44. The van der Waals surface area contributed by atoms with Gasteiger partial charge in [-0.15, -0.1) is 0 Å². The van der Waals surface area contributed by atoms with Gasteiger partial charge in [-0.25, -0.2) is 0 Å². The number of anilines is 1. The number of aromatic hydroxyl groups is 1. The molecule has 0 bridgehead atoms. The number of aromatic nitrogens is 1. The Hall–Kier alpha value is -2.98. The average molecular weight is 318 g/mol. The second kappa shape index (κ2) is 5.58. The summed E-state index contributed by atoms with van der Waals surface area (Å²) < 4.78 is 2.12. The minimum Gasteiger partial charge on any atom is -0.508 e. The number of nitrogen functional groups attached to an aromatic ring is 1. The number of para-hydroxylation sites is 1. The monoisotopic (exact) mass is 318 g/mol. The molecular weight excluding hydrogens is 300 g/mol. The zero-order valence-electron chi connectivity index (χ0n) is 13.1. The van der Waals surface area contributed by atoms with Crippen LogP contribution in [0.4, 0.5) is 5.69 Å². The summed E-state index contributed by atoms with van der Waals surface area (Å²) in [5.41, 5.74) is 11.0. The van der Waals surface area contributed by atoms with E-state index < -0.39 is 0 Å². The van der Waals surface area contributed by atoms with Gasteiger partial charge in [0.25, 0.3) is 0 Å². The van der Waals surface area contributed by atoms with Crippen molar-refractivity contribution in [3.05, 3.63) is 60.7 Å². The van der Waals surface area contributed by atoms with Gasteiger partial charge in [0.15, 0.2) is 0 Å².